The molecule has 0 bridgehead atoms. The monoisotopic (exact) mass is 259 g/mol. The van der Waals surface area contributed by atoms with Crippen LogP contribution < -0.4 is 0 Å². The van der Waals surface area contributed by atoms with Gasteiger partial charge in [0.1, 0.15) is 0 Å². The van der Waals surface area contributed by atoms with Crippen molar-refractivity contribution in [3.63, 3.8) is 0 Å². The summed E-state index contributed by atoms with van der Waals surface area (Å²) >= 11 is 17.3. The molecule has 0 saturated heterocycles. The van der Waals surface area contributed by atoms with Gasteiger partial charge < -0.3 is 0 Å². The molecule has 78 valence electrons. The van der Waals surface area contributed by atoms with Crippen LogP contribution in [0.15, 0.2) is 30.3 Å². The third-order valence-corrected chi connectivity index (χ3v) is 2.72. The van der Waals surface area contributed by atoms with Crippen molar-refractivity contribution in [2.24, 2.45) is 0 Å². The molecule has 0 unspecified atom stereocenters. The lowest BCUT2D eigenvalue weighted by Gasteiger charge is -2.10. The maximum Gasteiger partial charge on any atom is 0.232 e. The molecular formula is C11H8Cl3N. The van der Waals surface area contributed by atoms with Gasteiger partial charge in [-0.05, 0) is 25.1 Å². The van der Waals surface area contributed by atoms with E-state index in [1.165, 1.54) is 5.56 Å². The Bertz CT molecular complexity index is 503. The van der Waals surface area contributed by atoms with Crippen molar-refractivity contribution in [2.75, 3.05) is 0 Å². The third-order valence-electron chi connectivity index (χ3n) is 2.14. The number of nitrogens with zero attached hydrogens (tertiary/aromatic N) is 1. The second kappa shape index (κ2) is 3.82. The molecule has 0 aliphatic carbocycles. The van der Waals surface area contributed by atoms with Crippen molar-refractivity contribution in [3.8, 4) is 0 Å². The van der Waals surface area contributed by atoms with Crippen LogP contribution in [0, 0.1) is 6.92 Å². The topological polar surface area (TPSA) is 12.9 Å². The van der Waals surface area contributed by atoms with E-state index in [2.05, 4.69) is 4.98 Å². The molecule has 0 radical (unpaired) electrons. The lowest BCUT2D eigenvalue weighted by molar-refractivity contribution is 1.12. The predicted octanol–water partition coefficient (Wildman–Crippen LogP) is 4.37. The molecule has 0 aliphatic heterocycles. The van der Waals surface area contributed by atoms with Crippen LogP contribution >= 0.6 is 34.8 Å². The summed E-state index contributed by atoms with van der Waals surface area (Å²) in [5, 5.41) is 1.05. The van der Waals surface area contributed by atoms with Gasteiger partial charge in [0.25, 0.3) is 0 Å². The summed E-state index contributed by atoms with van der Waals surface area (Å²) in [6, 6.07) is 9.59. The Kier molecular flexibility index (Phi) is 2.80. The molecule has 0 N–H and O–H groups in total. The fourth-order valence-corrected chi connectivity index (χ4v) is 1.72. The Morgan fingerprint density at radius 2 is 1.80 bits per heavy atom. The van der Waals surface area contributed by atoms with Crippen molar-refractivity contribution in [1.82, 2.24) is 4.98 Å². The van der Waals surface area contributed by atoms with Crippen LogP contribution in [-0.4, -0.2) is 4.98 Å². The molecule has 0 aliphatic rings. The minimum absolute atomic E-state index is 0.448. The van der Waals surface area contributed by atoms with Gasteiger partial charge in [-0.1, -0.05) is 52.5 Å². The van der Waals surface area contributed by atoms with Gasteiger partial charge in [0.15, 0.2) is 0 Å². The van der Waals surface area contributed by atoms with E-state index in [0.717, 1.165) is 10.9 Å². The highest BCUT2D eigenvalue weighted by molar-refractivity contribution is 6.66. The van der Waals surface area contributed by atoms with Crippen molar-refractivity contribution in [3.05, 3.63) is 41.6 Å². The van der Waals surface area contributed by atoms with E-state index in [1.807, 2.05) is 31.2 Å². The number of hydrogen-bond acceptors (Lipinski definition) is 1. The van der Waals surface area contributed by atoms with Gasteiger partial charge in [-0.2, -0.15) is 0 Å². The number of hydrogen-bond donors (Lipinski definition) is 0. The van der Waals surface area contributed by atoms with E-state index in [-0.39, 0.29) is 0 Å². The summed E-state index contributed by atoms with van der Waals surface area (Å²) in [5.41, 5.74) is 2.47. The van der Waals surface area contributed by atoms with Crippen molar-refractivity contribution >= 4 is 45.7 Å². The normalized spacial score (nSPS) is 12.0. The molecule has 0 fully saturated rings. The summed E-state index contributed by atoms with van der Waals surface area (Å²) < 4.78 is -1.46. The number of pyridine rings is 1. The van der Waals surface area contributed by atoms with Crippen LogP contribution in [0.3, 0.4) is 0 Å². The standard InChI is InChI=1S/C11H8Cl3N/c1-7-2-4-9-8(6-7)3-5-10(15-9)11(12,13)14/h2-6H,1H3. The van der Waals surface area contributed by atoms with Crippen LogP contribution in [0.4, 0.5) is 0 Å². The maximum absolute atomic E-state index is 5.76. The van der Waals surface area contributed by atoms with E-state index in [9.17, 15) is 0 Å². The average molecular weight is 261 g/mol. The Morgan fingerprint density at radius 1 is 1.07 bits per heavy atom. The second-order valence-electron chi connectivity index (χ2n) is 3.39. The summed E-state index contributed by atoms with van der Waals surface area (Å²) in [4.78, 5) is 4.29. The number of benzene rings is 1. The van der Waals surface area contributed by atoms with Gasteiger partial charge in [0, 0.05) is 5.39 Å². The summed E-state index contributed by atoms with van der Waals surface area (Å²) in [6.07, 6.45) is 0. The largest absolute Gasteiger partial charge is 0.248 e. The number of aromatic nitrogens is 1. The quantitative estimate of drug-likeness (QED) is 0.641. The molecular weight excluding hydrogens is 252 g/mol. The zero-order valence-electron chi connectivity index (χ0n) is 7.97. The lowest BCUT2D eigenvalue weighted by Crippen LogP contribution is -2.03. The first kappa shape index (κ1) is 11.0. The lowest BCUT2D eigenvalue weighted by atomic mass is 10.1. The van der Waals surface area contributed by atoms with Gasteiger partial charge in [-0.3, -0.25) is 0 Å². The number of rotatable bonds is 0. The van der Waals surface area contributed by atoms with E-state index in [1.54, 1.807) is 6.07 Å². The highest BCUT2D eigenvalue weighted by Crippen LogP contribution is 2.37. The molecule has 1 heterocycles. The zero-order valence-corrected chi connectivity index (χ0v) is 10.2. The molecule has 0 saturated carbocycles. The Hall–Kier alpha value is -0.500. The fourth-order valence-electron chi connectivity index (χ4n) is 1.40. The van der Waals surface area contributed by atoms with Gasteiger partial charge in [0.05, 0.1) is 11.2 Å². The minimum Gasteiger partial charge on any atom is -0.248 e. The van der Waals surface area contributed by atoms with Crippen LogP contribution in [0.1, 0.15) is 11.3 Å². The number of alkyl halides is 3. The summed E-state index contributed by atoms with van der Waals surface area (Å²) in [5.74, 6) is 0. The van der Waals surface area contributed by atoms with E-state index in [4.69, 9.17) is 34.8 Å². The first-order valence-corrected chi connectivity index (χ1v) is 5.55. The number of aryl methyl sites for hydroxylation is 1. The molecule has 0 atom stereocenters. The van der Waals surface area contributed by atoms with Crippen LogP contribution in [0.5, 0.6) is 0 Å². The SMILES string of the molecule is Cc1ccc2nc(C(Cl)(Cl)Cl)ccc2c1. The molecule has 0 spiro atoms. The zero-order chi connectivity index (χ0) is 11.1. The van der Waals surface area contributed by atoms with E-state index in [0.29, 0.717) is 5.69 Å². The molecule has 0 amide bonds. The highest BCUT2D eigenvalue weighted by atomic mass is 35.6. The van der Waals surface area contributed by atoms with Gasteiger partial charge in [-0.15, -0.1) is 0 Å². The summed E-state index contributed by atoms with van der Waals surface area (Å²) in [7, 11) is 0. The smallest absolute Gasteiger partial charge is 0.232 e. The molecule has 1 aromatic heterocycles. The first-order valence-electron chi connectivity index (χ1n) is 4.41. The number of fused-ring (bicyclic) bond motifs is 1. The Morgan fingerprint density at radius 3 is 2.47 bits per heavy atom. The van der Waals surface area contributed by atoms with Crippen LogP contribution in [-0.2, 0) is 3.79 Å². The average Bonchev–Trinajstić information content (AvgIpc) is 2.15. The van der Waals surface area contributed by atoms with Crippen molar-refractivity contribution in [1.29, 1.82) is 0 Å². The van der Waals surface area contributed by atoms with Gasteiger partial charge >= 0.3 is 0 Å². The summed E-state index contributed by atoms with van der Waals surface area (Å²) in [6.45, 7) is 2.03. The third kappa shape index (κ3) is 2.36. The van der Waals surface area contributed by atoms with Gasteiger partial charge in [-0.25, -0.2) is 4.98 Å². The number of halogens is 3. The fraction of sp³-hybridized carbons (Fsp3) is 0.182. The molecule has 1 aromatic carbocycles. The van der Waals surface area contributed by atoms with Crippen LogP contribution in [0.2, 0.25) is 0 Å². The van der Waals surface area contributed by atoms with E-state index >= 15 is 0 Å². The molecule has 1 nitrogen and oxygen atoms in total. The van der Waals surface area contributed by atoms with Crippen LogP contribution in [0.25, 0.3) is 10.9 Å². The molecule has 2 aromatic rings. The molecule has 2 rings (SSSR count). The minimum atomic E-state index is -1.46. The van der Waals surface area contributed by atoms with Crippen molar-refractivity contribution in [2.45, 2.75) is 10.7 Å². The molecule has 4 heteroatoms. The Labute approximate surface area is 103 Å². The molecule has 15 heavy (non-hydrogen) atoms. The van der Waals surface area contributed by atoms with Gasteiger partial charge in [0.2, 0.25) is 3.79 Å². The highest BCUT2D eigenvalue weighted by Gasteiger charge is 2.24. The van der Waals surface area contributed by atoms with E-state index < -0.39 is 3.79 Å². The Balaban J connectivity index is 2.62. The second-order valence-corrected chi connectivity index (χ2v) is 5.67. The van der Waals surface area contributed by atoms with Crippen molar-refractivity contribution < 1.29 is 0 Å². The predicted molar refractivity (Wildman–Crippen MR) is 65.7 cm³/mol. The first-order chi connectivity index (χ1) is 6.97. The maximum atomic E-state index is 5.76.